The van der Waals surface area contributed by atoms with Gasteiger partial charge in [-0.25, -0.2) is 0 Å². The fourth-order valence-electron chi connectivity index (χ4n) is 1.35. The van der Waals surface area contributed by atoms with E-state index in [4.69, 9.17) is 5.11 Å². The Hall–Kier alpha value is -1.89. The first-order valence-electron chi connectivity index (χ1n) is 5.47. The van der Waals surface area contributed by atoms with Crippen LogP contribution in [-0.2, 0) is 4.79 Å². The van der Waals surface area contributed by atoms with Gasteiger partial charge in [0.2, 0.25) is 5.91 Å². The van der Waals surface area contributed by atoms with Crippen LogP contribution in [0.4, 0.5) is 13.2 Å². The molecule has 0 aliphatic heterocycles. The number of rotatable bonds is 5. The number of alkyl halides is 3. The topological polar surface area (TPSA) is 53.4 Å². The number of aliphatic hydroxyl groups is 1. The summed E-state index contributed by atoms with van der Waals surface area (Å²) in [5.74, 6) is -0.810. The highest BCUT2D eigenvalue weighted by molar-refractivity contribution is 5.91. The Bertz CT molecular complexity index is 432. The number of pyridine rings is 1. The highest BCUT2D eigenvalue weighted by atomic mass is 19.4. The summed E-state index contributed by atoms with van der Waals surface area (Å²) in [6.07, 6.45) is 0.923. The fourth-order valence-corrected chi connectivity index (χ4v) is 1.35. The lowest BCUT2D eigenvalue weighted by Crippen LogP contribution is -2.39. The number of hydrogen-bond donors (Lipinski definition) is 1. The van der Waals surface area contributed by atoms with Gasteiger partial charge in [0.05, 0.1) is 6.61 Å². The number of hydrogen-bond acceptors (Lipinski definition) is 3. The average Bonchev–Trinajstić information content (AvgIpc) is 2.35. The molecule has 0 bridgehead atoms. The van der Waals surface area contributed by atoms with Crippen molar-refractivity contribution in [2.45, 2.75) is 6.18 Å². The van der Waals surface area contributed by atoms with Gasteiger partial charge in [0.15, 0.2) is 0 Å². The first-order valence-corrected chi connectivity index (χ1v) is 5.47. The van der Waals surface area contributed by atoms with Crippen molar-refractivity contribution in [2.75, 3.05) is 19.7 Å². The average molecular weight is 274 g/mol. The third-order valence-corrected chi connectivity index (χ3v) is 2.15. The minimum Gasteiger partial charge on any atom is -0.395 e. The summed E-state index contributed by atoms with van der Waals surface area (Å²) in [5, 5.41) is 8.67. The fraction of sp³-hybridized carbons (Fsp3) is 0.333. The van der Waals surface area contributed by atoms with Crippen molar-refractivity contribution in [3.05, 3.63) is 36.2 Å². The zero-order valence-corrected chi connectivity index (χ0v) is 9.97. The molecule has 0 radical (unpaired) electrons. The van der Waals surface area contributed by atoms with Crippen molar-refractivity contribution >= 4 is 12.0 Å². The maximum absolute atomic E-state index is 12.2. The number of carbonyl (C=O) groups is 1. The zero-order chi connectivity index (χ0) is 14.3. The Morgan fingerprint density at radius 3 is 2.74 bits per heavy atom. The lowest BCUT2D eigenvalue weighted by Gasteiger charge is -2.21. The molecule has 0 fully saturated rings. The van der Waals surface area contributed by atoms with E-state index in [2.05, 4.69) is 4.98 Å². The summed E-state index contributed by atoms with van der Waals surface area (Å²) in [6, 6.07) is 3.31. The second-order valence-corrected chi connectivity index (χ2v) is 3.72. The summed E-state index contributed by atoms with van der Waals surface area (Å²) in [7, 11) is 0. The molecule has 4 nitrogen and oxygen atoms in total. The summed E-state index contributed by atoms with van der Waals surface area (Å²) in [4.78, 5) is 15.9. The van der Waals surface area contributed by atoms with E-state index in [1.165, 1.54) is 12.3 Å². The van der Waals surface area contributed by atoms with Gasteiger partial charge in [-0.05, 0) is 17.7 Å². The Balaban J connectivity index is 2.69. The van der Waals surface area contributed by atoms with Crippen molar-refractivity contribution < 1.29 is 23.1 Å². The molecule has 7 heteroatoms. The van der Waals surface area contributed by atoms with Crippen molar-refractivity contribution in [3.63, 3.8) is 0 Å². The molecule has 1 N–H and O–H groups in total. The van der Waals surface area contributed by atoms with Crippen LogP contribution in [0.15, 0.2) is 30.6 Å². The highest BCUT2D eigenvalue weighted by Gasteiger charge is 2.32. The van der Waals surface area contributed by atoms with Crippen LogP contribution >= 0.6 is 0 Å². The standard InChI is InChI=1S/C12H13F3N2O2/c13-12(14,15)9-17(6-7-18)11(19)4-3-10-2-1-5-16-8-10/h1-5,8,18H,6-7,9H2/b4-3+. The van der Waals surface area contributed by atoms with E-state index in [1.807, 2.05) is 0 Å². The largest absolute Gasteiger partial charge is 0.406 e. The van der Waals surface area contributed by atoms with Gasteiger partial charge < -0.3 is 10.0 Å². The SMILES string of the molecule is O=C(/C=C/c1cccnc1)N(CCO)CC(F)(F)F. The molecule has 1 heterocycles. The first kappa shape index (κ1) is 15.2. The van der Waals surface area contributed by atoms with Gasteiger partial charge in [-0.15, -0.1) is 0 Å². The van der Waals surface area contributed by atoms with Gasteiger partial charge in [0.25, 0.3) is 0 Å². The molecule has 0 atom stereocenters. The van der Waals surface area contributed by atoms with E-state index in [0.29, 0.717) is 10.5 Å². The van der Waals surface area contributed by atoms with Crippen LogP contribution in [0.5, 0.6) is 0 Å². The monoisotopic (exact) mass is 274 g/mol. The van der Waals surface area contributed by atoms with E-state index in [-0.39, 0.29) is 6.54 Å². The number of aromatic nitrogens is 1. The maximum atomic E-state index is 12.2. The van der Waals surface area contributed by atoms with Gasteiger partial charge >= 0.3 is 6.18 Å². The molecule has 0 spiro atoms. The molecule has 0 unspecified atom stereocenters. The number of amides is 1. The number of carbonyl (C=O) groups excluding carboxylic acids is 1. The van der Waals surface area contributed by atoms with Gasteiger partial charge in [-0.2, -0.15) is 13.2 Å². The predicted octanol–water partition coefficient (Wildman–Crippen LogP) is 1.48. The molecule has 1 rings (SSSR count). The second kappa shape index (κ2) is 6.89. The van der Waals surface area contributed by atoms with Gasteiger partial charge in [-0.3, -0.25) is 9.78 Å². The van der Waals surface area contributed by atoms with Gasteiger partial charge in [0, 0.05) is 25.0 Å². The van der Waals surface area contributed by atoms with E-state index >= 15 is 0 Å². The molecule has 0 aliphatic rings. The molecule has 0 aromatic carbocycles. The normalized spacial score (nSPS) is 11.8. The van der Waals surface area contributed by atoms with Crippen LogP contribution in [0.3, 0.4) is 0 Å². The number of halogens is 3. The quantitative estimate of drug-likeness (QED) is 0.827. The van der Waals surface area contributed by atoms with Crippen LogP contribution in [0, 0.1) is 0 Å². The van der Waals surface area contributed by atoms with E-state index in [9.17, 15) is 18.0 Å². The van der Waals surface area contributed by atoms with Crippen molar-refractivity contribution in [2.24, 2.45) is 0 Å². The summed E-state index contributed by atoms with van der Waals surface area (Å²) in [5.41, 5.74) is 0.604. The molecule has 19 heavy (non-hydrogen) atoms. The number of aliphatic hydroxyl groups excluding tert-OH is 1. The Morgan fingerprint density at radius 2 is 2.21 bits per heavy atom. The van der Waals surface area contributed by atoms with Gasteiger partial charge in [0.1, 0.15) is 6.54 Å². The molecule has 1 amide bonds. The minimum absolute atomic E-state index is 0.365. The second-order valence-electron chi connectivity index (χ2n) is 3.72. The van der Waals surface area contributed by atoms with Crippen LogP contribution in [0.2, 0.25) is 0 Å². The van der Waals surface area contributed by atoms with E-state index < -0.39 is 25.2 Å². The minimum atomic E-state index is -4.49. The van der Waals surface area contributed by atoms with E-state index in [1.54, 1.807) is 18.3 Å². The third-order valence-electron chi connectivity index (χ3n) is 2.15. The van der Waals surface area contributed by atoms with E-state index in [0.717, 1.165) is 6.08 Å². The van der Waals surface area contributed by atoms with Crippen molar-refractivity contribution in [1.82, 2.24) is 9.88 Å². The lowest BCUT2D eigenvalue weighted by molar-refractivity contribution is -0.158. The van der Waals surface area contributed by atoms with Gasteiger partial charge in [-0.1, -0.05) is 6.07 Å². The van der Waals surface area contributed by atoms with Crippen LogP contribution in [-0.4, -0.2) is 46.8 Å². The smallest absolute Gasteiger partial charge is 0.395 e. The molecule has 0 aliphatic carbocycles. The molecular formula is C12H13F3N2O2. The Kier molecular flexibility index (Phi) is 5.50. The summed E-state index contributed by atoms with van der Waals surface area (Å²) >= 11 is 0. The predicted molar refractivity (Wildman–Crippen MR) is 63.0 cm³/mol. The zero-order valence-electron chi connectivity index (χ0n) is 9.97. The van der Waals surface area contributed by atoms with Crippen LogP contribution in [0.1, 0.15) is 5.56 Å². The molecule has 1 aromatic rings. The maximum Gasteiger partial charge on any atom is 0.406 e. The highest BCUT2D eigenvalue weighted by Crippen LogP contribution is 2.16. The van der Waals surface area contributed by atoms with Crippen LogP contribution < -0.4 is 0 Å². The lowest BCUT2D eigenvalue weighted by atomic mass is 10.2. The van der Waals surface area contributed by atoms with Crippen molar-refractivity contribution in [3.8, 4) is 0 Å². The Morgan fingerprint density at radius 1 is 1.47 bits per heavy atom. The molecule has 1 aromatic heterocycles. The number of nitrogens with zero attached hydrogens (tertiary/aromatic N) is 2. The van der Waals surface area contributed by atoms with Crippen molar-refractivity contribution in [1.29, 1.82) is 0 Å². The third kappa shape index (κ3) is 6.01. The molecule has 0 saturated carbocycles. The molecule has 0 saturated heterocycles. The molecule has 104 valence electrons. The summed E-state index contributed by atoms with van der Waals surface area (Å²) < 4.78 is 36.7. The van der Waals surface area contributed by atoms with Crippen LogP contribution in [0.25, 0.3) is 6.08 Å². The summed E-state index contributed by atoms with van der Waals surface area (Å²) in [6.45, 7) is -2.28. The molecular weight excluding hydrogens is 261 g/mol. The Labute approximate surface area is 108 Å². The first-order chi connectivity index (χ1) is 8.92.